The van der Waals surface area contributed by atoms with Crippen molar-refractivity contribution in [2.24, 2.45) is 0 Å². The molecule has 1 N–H and O–H groups in total. The first-order valence-electron chi connectivity index (χ1n) is 4.70. The molecule has 0 aromatic carbocycles. The standard InChI is InChI=1S/C10H10Br2O3S/c11-8-5-6(10(12)16-8)7(13)3-1-2-4-9(14)15/h5H,1-4H2,(H,14,15). The Bertz CT molecular complexity index is 401. The van der Waals surface area contributed by atoms with Gasteiger partial charge in [0, 0.05) is 18.4 Å². The Balaban J connectivity index is 2.41. The van der Waals surface area contributed by atoms with Crippen LogP contribution in [0.5, 0.6) is 0 Å². The van der Waals surface area contributed by atoms with Crippen LogP contribution in [-0.4, -0.2) is 16.9 Å². The van der Waals surface area contributed by atoms with Crippen LogP contribution in [-0.2, 0) is 4.79 Å². The number of unbranched alkanes of at least 4 members (excludes halogenated alkanes) is 1. The maximum atomic E-state index is 11.7. The molecule has 0 amide bonds. The van der Waals surface area contributed by atoms with Gasteiger partial charge < -0.3 is 5.11 Å². The van der Waals surface area contributed by atoms with Gasteiger partial charge in [-0.3, -0.25) is 9.59 Å². The lowest BCUT2D eigenvalue weighted by Gasteiger charge is -1.98. The van der Waals surface area contributed by atoms with Gasteiger partial charge in [-0.25, -0.2) is 0 Å². The Kier molecular flexibility index (Phi) is 5.64. The normalized spacial score (nSPS) is 10.4. The third-order valence-corrected chi connectivity index (χ3v) is 4.34. The minimum absolute atomic E-state index is 0.0548. The van der Waals surface area contributed by atoms with Gasteiger partial charge in [0.15, 0.2) is 5.78 Å². The monoisotopic (exact) mass is 368 g/mol. The summed E-state index contributed by atoms with van der Waals surface area (Å²) in [5.74, 6) is -0.758. The zero-order valence-electron chi connectivity index (χ0n) is 8.33. The van der Waals surface area contributed by atoms with Crippen molar-refractivity contribution in [3.63, 3.8) is 0 Å². The predicted molar refractivity (Wildman–Crippen MR) is 70.2 cm³/mol. The van der Waals surface area contributed by atoms with E-state index in [4.69, 9.17) is 5.11 Å². The zero-order valence-corrected chi connectivity index (χ0v) is 12.3. The number of Topliss-reactive ketones (excluding diaryl/α,β-unsaturated/α-hetero) is 1. The van der Waals surface area contributed by atoms with Crippen LogP contribution in [0.2, 0.25) is 0 Å². The molecule has 88 valence electrons. The SMILES string of the molecule is O=C(O)CCCCC(=O)c1cc(Br)sc1Br. The molecule has 0 aliphatic carbocycles. The van der Waals surface area contributed by atoms with Gasteiger partial charge in [0.1, 0.15) is 0 Å². The van der Waals surface area contributed by atoms with Crippen LogP contribution in [0.15, 0.2) is 13.6 Å². The molecule has 0 aliphatic rings. The maximum Gasteiger partial charge on any atom is 0.303 e. The lowest BCUT2D eigenvalue weighted by Crippen LogP contribution is -1.99. The fraction of sp³-hybridized carbons (Fsp3) is 0.400. The van der Waals surface area contributed by atoms with E-state index in [9.17, 15) is 9.59 Å². The van der Waals surface area contributed by atoms with Gasteiger partial charge >= 0.3 is 5.97 Å². The molecule has 3 nitrogen and oxygen atoms in total. The van der Waals surface area contributed by atoms with Crippen LogP contribution in [0, 0.1) is 0 Å². The Labute approximate surface area is 114 Å². The molecule has 0 aliphatic heterocycles. The van der Waals surface area contributed by atoms with E-state index >= 15 is 0 Å². The number of hydrogen-bond donors (Lipinski definition) is 1. The first kappa shape index (κ1) is 13.9. The lowest BCUT2D eigenvalue weighted by molar-refractivity contribution is -0.137. The summed E-state index contributed by atoms with van der Waals surface area (Å²) in [7, 11) is 0. The summed E-state index contributed by atoms with van der Waals surface area (Å²) in [6, 6.07) is 1.79. The number of carboxylic acids is 1. The minimum atomic E-state index is -0.813. The topological polar surface area (TPSA) is 54.4 Å². The summed E-state index contributed by atoms with van der Waals surface area (Å²) >= 11 is 8.09. The largest absolute Gasteiger partial charge is 0.481 e. The molecule has 0 saturated carbocycles. The molecule has 0 atom stereocenters. The van der Waals surface area contributed by atoms with Crippen molar-refractivity contribution in [3.05, 3.63) is 19.2 Å². The summed E-state index contributed by atoms with van der Waals surface area (Å²) in [4.78, 5) is 22.0. The van der Waals surface area contributed by atoms with Crippen molar-refractivity contribution in [2.45, 2.75) is 25.7 Å². The second-order valence-electron chi connectivity index (χ2n) is 3.26. The van der Waals surface area contributed by atoms with E-state index in [1.54, 1.807) is 6.07 Å². The number of carbonyl (C=O) groups is 2. The highest BCUT2D eigenvalue weighted by Crippen LogP contribution is 2.32. The average molecular weight is 370 g/mol. The summed E-state index contributed by atoms with van der Waals surface area (Å²) in [6.07, 6.45) is 1.69. The van der Waals surface area contributed by atoms with Gasteiger partial charge in [-0.2, -0.15) is 0 Å². The first-order valence-corrected chi connectivity index (χ1v) is 7.11. The van der Waals surface area contributed by atoms with Crippen LogP contribution >= 0.6 is 43.2 Å². The Morgan fingerprint density at radius 1 is 1.25 bits per heavy atom. The third-order valence-electron chi connectivity index (χ3n) is 2.00. The second kappa shape index (κ2) is 6.51. The van der Waals surface area contributed by atoms with Crippen LogP contribution < -0.4 is 0 Å². The smallest absolute Gasteiger partial charge is 0.303 e. The molecule has 0 saturated heterocycles. The van der Waals surface area contributed by atoms with Crippen molar-refractivity contribution < 1.29 is 14.7 Å². The van der Waals surface area contributed by atoms with Crippen LogP contribution in [0.1, 0.15) is 36.0 Å². The number of halogens is 2. The van der Waals surface area contributed by atoms with Gasteiger partial charge in [0.2, 0.25) is 0 Å². The van der Waals surface area contributed by atoms with Crippen molar-refractivity contribution in [1.29, 1.82) is 0 Å². The van der Waals surface area contributed by atoms with Gasteiger partial charge in [0.25, 0.3) is 0 Å². The van der Waals surface area contributed by atoms with Crippen molar-refractivity contribution in [2.75, 3.05) is 0 Å². The molecule has 0 radical (unpaired) electrons. The van der Waals surface area contributed by atoms with E-state index in [2.05, 4.69) is 31.9 Å². The molecular weight excluding hydrogens is 360 g/mol. The molecule has 0 fully saturated rings. The molecule has 0 bridgehead atoms. The van der Waals surface area contributed by atoms with Crippen LogP contribution in [0.3, 0.4) is 0 Å². The van der Waals surface area contributed by atoms with E-state index in [-0.39, 0.29) is 12.2 Å². The van der Waals surface area contributed by atoms with E-state index in [0.29, 0.717) is 24.8 Å². The fourth-order valence-corrected chi connectivity index (χ4v) is 4.08. The highest BCUT2D eigenvalue weighted by Gasteiger charge is 2.13. The van der Waals surface area contributed by atoms with Crippen molar-refractivity contribution in [3.8, 4) is 0 Å². The van der Waals surface area contributed by atoms with Gasteiger partial charge in [0.05, 0.1) is 7.57 Å². The van der Waals surface area contributed by atoms with E-state index in [1.165, 1.54) is 11.3 Å². The number of thiophene rings is 1. The highest BCUT2D eigenvalue weighted by molar-refractivity contribution is 9.12. The Morgan fingerprint density at radius 3 is 2.38 bits per heavy atom. The molecular formula is C10H10Br2O3S. The van der Waals surface area contributed by atoms with Gasteiger partial charge in [-0.1, -0.05) is 0 Å². The summed E-state index contributed by atoms with van der Waals surface area (Å²) in [6.45, 7) is 0. The van der Waals surface area contributed by atoms with E-state index in [0.717, 1.165) is 7.57 Å². The third kappa shape index (κ3) is 4.35. The zero-order chi connectivity index (χ0) is 12.1. The molecule has 16 heavy (non-hydrogen) atoms. The van der Waals surface area contributed by atoms with Crippen LogP contribution in [0.25, 0.3) is 0 Å². The molecule has 6 heteroatoms. The second-order valence-corrected chi connectivity index (χ2v) is 7.01. The molecule has 0 unspecified atom stereocenters. The highest BCUT2D eigenvalue weighted by atomic mass is 79.9. The van der Waals surface area contributed by atoms with Gasteiger partial charge in [-0.05, 0) is 50.8 Å². The molecule has 1 aromatic rings. The first-order chi connectivity index (χ1) is 7.50. The number of carboxylic acid groups (broad SMARTS) is 1. The molecule has 0 spiro atoms. The Hall–Kier alpha value is -0.200. The quantitative estimate of drug-likeness (QED) is 0.606. The number of hydrogen-bond acceptors (Lipinski definition) is 3. The number of aliphatic carboxylic acids is 1. The van der Waals surface area contributed by atoms with Gasteiger partial charge in [-0.15, -0.1) is 11.3 Å². The Morgan fingerprint density at radius 2 is 1.88 bits per heavy atom. The summed E-state index contributed by atoms with van der Waals surface area (Å²) < 4.78 is 1.73. The van der Waals surface area contributed by atoms with E-state index in [1.807, 2.05) is 0 Å². The molecule has 1 aromatic heterocycles. The number of rotatable bonds is 6. The van der Waals surface area contributed by atoms with Crippen LogP contribution in [0.4, 0.5) is 0 Å². The summed E-state index contributed by atoms with van der Waals surface area (Å²) in [5, 5.41) is 8.45. The van der Waals surface area contributed by atoms with Crippen molar-refractivity contribution in [1.82, 2.24) is 0 Å². The number of carbonyl (C=O) groups excluding carboxylic acids is 1. The number of ketones is 1. The van der Waals surface area contributed by atoms with E-state index < -0.39 is 5.97 Å². The minimum Gasteiger partial charge on any atom is -0.481 e. The lowest BCUT2D eigenvalue weighted by atomic mass is 10.1. The predicted octanol–water partition coefficient (Wildman–Crippen LogP) is 4.10. The summed E-state index contributed by atoms with van der Waals surface area (Å²) in [5.41, 5.74) is 0.673. The molecule has 1 heterocycles. The average Bonchev–Trinajstić information content (AvgIpc) is 2.52. The molecule has 1 rings (SSSR count). The van der Waals surface area contributed by atoms with Crippen molar-refractivity contribution >= 4 is 54.9 Å². The maximum absolute atomic E-state index is 11.7. The fourth-order valence-electron chi connectivity index (χ4n) is 1.23.